The molecule has 3 rings (SSSR count). The Morgan fingerprint density at radius 1 is 1.36 bits per heavy atom. The highest BCUT2D eigenvalue weighted by Crippen LogP contribution is 2.37. The van der Waals surface area contributed by atoms with E-state index in [-0.39, 0.29) is 17.0 Å². The molecule has 1 aromatic heterocycles. The van der Waals surface area contributed by atoms with Crippen molar-refractivity contribution in [2.45, 2.75) is 18.4 Å². The van der Waals surface area contributed by atoms with Crippen molar-refractivity contribution >= 4 is 29.4 Å². The number of fused-ring (bicyclic) bond motifs is 1. The Balaban J connectivity index is 1.94. The molecule has 2 aliphatic rings. The summed E-state index contributed by atoms with van der Waals surface area (Å²) in [6.45, 7) is 1.65. The van der Waals surface area contributed by atoms with Crippen molar-refractivity contribution in [3.8, 4) is 0 Å². The number of ether oxygens (including phenoxy) is 1. The molecule has 116 valence electrons. The Kier molecular flexibility index (Phi) is 3.99. The smallest absolute Gasteiger partial charge is 0.351 e. The molecule has 0 saturated carbocycles. The summed E-state index contributed by atoms with van der Waals surface area (Å²) in [4.78, 5) is 30.7. The van der Waals surface area contributed by atoms with Crippen LogP contribution in [0.4, 0.5) is 0 Å². The molecule has 0 fully saturated rings. The number of hydrogen-bond acceptors (Lipinski definition) is 6. The molecular formula is C13H13N3O5S. The van der Waals surface area contributed by atoms with Crippen LogP contribution >= 0.6 is 11.8 Å². The predicted molar refractivity (Wildman–Crippen MR) is 77.9 cm³/mol. The molecule has 0 spiro atoms. The van der Waals surface area contributed by atoms with Gasteiger partial charge in [-0.15, -0.1) is 11.8 Å². The normalized spacial score (nSPS) is 21.4. The molecule has 1 aromatic rings. The summed E-state index contributed by atoms with van der Waals surface area (Å²) >= 11 is 1.20. The number of carboxylic acid groups (broad SMARTS) is 2. The number of hydrogen-bond donors (Lipinski definition) is 2. The highest BCUT2D eigenvalue weighted by Gasteiger charge is 2.30. The molecule has 1 atom stereocenters. The zero-order valence-electron chi connectivity index (χ0n) is 11.4. The second kappa shape index (κ2) is 5.93. The van der Waals surface area contributed by atoms with E-state index >= 15 is 0 Å². The molecule has 2 aliphatic heterocycles. The minimum Gasteiger partial charge on any atom is -0.478 e. The van der Waals surface area contributed by atoms with E-state index in [1.54, 1.807) is 6.20 Å². The van der Waals surface area contributed by atoms with Gasteiger partial charge >= 0.3 is 11.9 Å². The van der Waals surface area contributed by atoms with E-state index in [4.69, 9.17) is 9.84 Å². The zero-order valence-corrected chi connectivity index (χ0v) is 12.2. The Morgan fingerprint density at radius 3 is 2.86 bits per heavy atom. The number of aliphatic imine (C=N–C) groups is 1. The predicted octanol–water partition coefficient (Wildman–Crippen LogP) is 0.695. The fraction of sp³-hybridized carbons (Fsp3) is 0.385. The van der Waals surface area contributed by atoms with Crippen LogP contribution in [-0.4, -0.2) is 49.8 Å². The van der Waals surface area contributed by atoms with Gasteiger partial charge in [0.2, 0.25) is 0 Å². The van der Waals surface area contributed by atoms with Gasteiger partial charge in [-0.25, -0.2) is 14.6 Å². The third kappa shape index (κ3) is 2.77. The van der Waals surface area contributed by atoms with Crippen molar-refractivity contribution < 1.29 is 24.5 Å². The van der Waals surface area contributed by atoms with E-state index in [0.717, 1.165) is 12.0 Å². The second-order valence-electron chi connectivity index (χ2n) is 4.79. The molecular weight excluding hydrogens is 310 g/mol. The number of rotatable bonds is 3. The van der Waals surface area contributed by atoms with Gasteiger partial charge in [-0.3, -0.25) is 4.99 Å². The molecule has 0 aromatic carbocycles. The van der Waals surface area contributed by atoms with E-state index in [2.05, 4.69) is 9.98 Å². The topological polar surface area (TPSA) is 114 Å². The minimum atomic E-state index is -1.15. The van der Waals surface area contributed by atoms with Crippen LogP contribution in [0.25, 0.3) is 0 Å². The van der Waals surface area contributed by atoms with Gasteiger partial charge in [0, 0.05) is 24.7 Å². The average molecular weight is 323 g/mol. The third-order valence-corrected chi connectivity index (χ3v) is 4.65. The van der Waals surface area contributed by atoms with Gasteiger partial charge in [-0.05, 0) is 0 Å². The summed E-state index contributed by atoms with van der Waals surface area (Å²) in [6, 6.07) is 0. The van der Waals surface area contributed by atoms with Gasteiger partial charge in [-0.1, -0.05) is 0 Å². The largest absolute Gasteiger partial charge is 0.478 e. The van der Waals surface area contributed by atoms with Crippen LogP contribution in [0.2, 0.25) is 0 Å². The molecule has 0 amide bonds. The van der Waals surface area contributed by atoms with Gasteiger partial charge in [0.25, 0.3) is 0 Å². The number of aliphatic carboxylic acids is 2. The lowest BCUT2D eigenvalue weighted by atomic mass is 10.1. The van der Waals surface area contributed by atoms with Crippen molar-refractivity contribution in [3.05, 3.63) is 29.5 Å². The van der Waals surface area contributed by atoms with Crippen LogP contribution in [-0.2, 0) is 27.5 Å². The molecule has 0 bridgehead atoms. The molecule has 9 heteroatoms. The van der Waals surface area contributed by atoms with Gasteiger partial charge in [0.15, 0.2) is 0 Å². The van der Waals surface area contributed by atoms with Gasteiger partial charge in [0.05, 0.1) is 23.1 Å². The monoisotopic (exact) mass is 323 g/mol. The molecule has 3 heterocycles. The van der Waals surface area contributed by atoms with E-state index in [9.17, 15) is 14.7 Å². The summed E-state index contributed by atoms with van der Waals surface area (Å²) in [7, 11) is 0. The highest BCUT2D eigenvalue weighted by molar-refractivity contribution is 8.00. The third-order valence-electron chi connectivity index (χ3n) is 3.38. The average Bonchev–Trinajstić information content (AvgIpc) is 2.77. The van der Waals surface area contributed by atoms with Gasteiger partial charge in [0.1, 0.15) is 18.1 Å². The first-order valence-corrected chi connectivity index (χ1v) is 7.59. The Bertz CT molecular complexity index is 670. The molecule has 2 N–H and O–H groups in total. The number of nitrogens with zero attached hydrogens (tertiary/aromatic N) is 3. The number of imidazole rings is 1. The van der Waals surface area contributed by atoms with E-state index in [1.807, 2.05) is 4.57 Å². The first-order chi connectivity index (χ1) is 10.6. The Morgan fingerprint density at radius 2 is 2.18 bits per heavy atom. The first kappa shape index (κ1) is 14.8. The maximum atomic E-state index is 11.5. The number of carboxylic acids is 2. The van der Waals surface area contributed by atoms with Gasteiger partial charge in [-0.2, -0.15) is 0 Å². The summed E-state index contributed by atoms with van der Waals surface area (Å²) in [5.41, 5.74) is 0.539. The van der Waals surface area contributed by atoms with Crippen molar-refractivity contribution in [2.24, 2.45) is 4.99 Å². The van der Waals surface area contributed by atoms with Crippen molar-refractivity contribution in [1.29, 1.82) is 0 Å². The molecule has 0 aliphatic carbocycles. The molecule has 0 saturated heterocycles. The lowest BCUT2D eigenvalue weighted by Gasteiger charge is -2.13. The van der Waals surface area contributed by atoms with Crippen LogP contribution in [0, 0.1) is 0 Å². The second-order valence-corrected chi connectivity index (χ2v) is 5.88. The van der Waals surface area contributed by atoms with Crippen LogP contribution in [0.15, 0.2) is 23.0 Å². The van der Waals surface area contributed by atoms with Crippen LogP contribution in [0.1, 0.15) is 16.8 Å². The van der Waals surface area contributed by atoms with Crippen LogP contribution < -0.4 is 0 Å². The fourth-order valence-electron chi connectivity index (χ4n) is 2.27. The van der Waals surface area contributed by atoms with Crippen molar-refractivity contribution in [2.75, 3.05) is 12.4 Å². The number of aromatic nitrogens is 2. The number of carbonyl (C=O) groups is 2. The number of thioether (sulfide) groups is 1. The molecule has 22 heavy (non-hydrogen) atoms. The Hall–Kier alpha value is -2.13. The zero-order chi connectivity index (χ0) is 15.7. The van der Waals surface area contributed by atoms with Crippen LogP contribution in [0.5, 0.6) is 0 Å². The van der Waals surface area contributed by atoms with Crippen molar-refractivity contribution in [1.82, 2.24) is 9.55 Å². The lowest BCUT2D eigenvalue weighted by molar-refractivity contribution is -0.133. The molecule has 8 nitrogen and oxygen atoms in total. The lowest BCUT2D eigenvalue weighted by Crippen LogP contribution is -2.15. The van der Waals surface area contributed by atoms with Crippen molar-refractivity contribution in [3.63, 3.8) is 0 Å². The minimum absolute atomic E-state index is 0.0256. The SMILES string of the molecule is O=C(O)C1=CN=C(C(=O)O)CSC1c1cn2c(n1)COCC2. The maximum absolute atomic E-state index is 11.5. The standard InChI is InChI=1S/C13H13N3O5S/c17-12(18)7-3-14-9(13(19)20)6-22-11(7)8-4-16-1-2-21-5-10(16)15-8/h3-4,11H,1-2,5-6H2,(H,17,18)(H,19,20). The summed E-state index contributed by atoms with van der Waals surface area (Å²) in [5, 5.41) is 17.8. The maximum Gasteiger partial charge on any atom is 0.351 e. The van der Waals surface area contributed by atoms with E-state index < -0.39 is 17.2 Å². The quantitative estimate of drug-likeness (QED) is 0.841. The van der Waals surface area contributed by atoms with Gasteiger partial charge < -0.3 is 19.5 Å². The highest BCUT2D eigenvalue weighted by atomic mass is 32.2. The Labute approximate surface area is 129 Å². The van der Waals surface area contributed by atoms with E-state index in [0.29, 0.717) is 25.5 Å². The summed E-state index contributed by atoms with van der Waals surface area (Å²) in [5.74, 6) is -1.41. The fourth-order valence-corrected chi connectivity index (χ4v) is 3.42. The molecule has 1 unspecified atom stereocenters. The van der Waals surface area contributed by atoms with Crippen LogP contribution in [0.3, 0.4) is 0 Å². The summed E-state index contributed by atoms with van der Waals surface area (Å²) < 4.78 is 7.26. The first-order valence-electron chi connectivity index (χ1n) is 6.55. The van der Waals surface area contributed by atoms with E-state index in [1.165, 1.54) is 11.8 Å². The summed E-state index contributed by atoms with van der Waals surface area (Å²) in [6.07, 6.45) is 2.92. The molecule has 0 radical (unpaired) electrons.